The van der Waals surface area contributed by atoms with E-state index in [-0.39, 0.29) is 0 Å². The number of nitrogens with zero attached hydrogens (tertiary/aromatic N) is 1. The molecule has 6 rings (SSSR count). The van der Waals surface area contributed by atoms with Gasteiger partial charge in [-0.3, -0.25) is 0 Å². The number of fused-ring (bicyclic) bond motifs is 5. The summed E-state index contributed by atoms with van der Waals surface area (Å²) >= 11 is 1.92. The number of hydrogen-bond acceptors (Lipinski definition) is 2. The summed E-state index contributed by atoms with van der Waals surface area (Å²) in [6.45, 7) is 6.17. The lowest BCUT2D eigenvalue weighted by Crippen LogP contribution is -2.12. The van der Waals surface area contributed by atoms with Gasteiger partial charge in [0.15, 0.2) is 0 Å². The monoisotopic (exact) mass is 500 g/mol. The van der Waals surface area contributed by atoms with Crippen molar-refractivity contribution in [1.82, 2.24) is 9.88 Å². The van der Waals surface area contributed by atoms with Crippen LogP contribution in [0, 0.1) is 19.3 Å². The molecule has 3 aromatic carbocycles. The second-order valence-electron chi connectivity index (χ2n) is 9.98. The molecule has 0 bridgehead atoms. The average Bonchev–Trinajstić information content (AvgIpc) is 3.45. The normalized spacial score (nSPS) is 12.8. The first-order valence-electron chi connectivity index (χ1n) is 13.3. The van der Waals surface area contributed by atoms with Crippen LogP contribution in [0.3, 0.4) is 0 Å². The highest BCUT2D eigenvalue weighted by molar-refractivity contribution is 7.20. The molecule has 1 aliphatic carbocycles. The summed E-state index contributed by atoms with van der Waals surface area (Å²) in [6, 6.07) is 22.0. The predicted octanol–water partition coefficient (Wildman–Crippen LogP) is 8.34. The Morgan fingerprint density at radius 3 is 2.49 bits per heavy atom. The Morgan fingerprint density at radius 1 is 1.00 bits per heavy atom. The van der Waals surface area contributed by atoms with Crippen molar-refractivity contribution in [2.75, 3.05) is 0 Å². The largest absolute Gasteiger partial charge is 0.312 e. The van der Waals surface area contributed by atoms with Crippen LogP contribution in [0.4, 0.5) is 0 Å². The first kappa shape index (κ1) is 23.8. The van der Waals surface area contributed by atoms with Gasteiger partial charge in [0.05, 0.1) is 11.1 Å². The highest BCUT2D eigenvalue weighted by Crippen LogP contribution is 2.44. The van der Waals surface area contributed by atoms with E-state index in [0.717, 1.165) is 44.3 Å². The zero-order chi connectivity index (χ0) is 25.4. The number of thiophene rings is 1. The minimum Gasteiger partial charge on any atom is -0.312 e. The maximum atomic E-state index is 6.21. The summed E-state index contributed by atoms with van der Waals surface area (Å²) in [5, 5.41) is 6.23. The molecule has 0 fully saturated rings. The number of hydrogen-bond donors (Lipinski definition) is 1. The van der Waals surface area contributed by atoms with E-state index in [1.165, 1.54) is 59.5 Å². The minimum atomic E-state index is 0.840. The first-order chi connectivity index (χ1) is 18.2. The van der Waals surface area contributed by atoms with Crippen molar-refractivity contribution in [1.29, 1.82) is 0 Å². The van der Waals surface area contributed by atoms with Crippen molar-refractivity contribution in [3.05, 3.63) is 105 Å². The number of rotatable bonds is 7. The van der Waals surface area contributed by atoms with Crippen molar-refractivity contribution in [3.8, 4) is 18.0 Å². The number of nitrogens with one attached hydrogen (secondary N) is 1. The molecule has 0 unspecified atom stereocenters. The van der Waals surface area contributed by atoms with Gasteiger partial charge in [0.25, 0.3) is 0 Å². The van der Waals surface area contributed by atoms with E-state index in [4.69, 9.17) is 6.42 Å². The maximum Gasteiger partial charge on any atom is 0.0637 e. The summed E-state index contributed by atoms with van der Waals surface area (Å²) < 4.78 is 3.85. The van der Waals surface area contributed by atoms with Crippen LogP contribution in [0.25, 0.3) is 32.8 Å². The number of aryl methyl sites for hydroxylation is 2. The van der Waals surface area contributed by atoms with Crippen molar-refractivity contribution in [2.24, 2.45) is 0 Å². The molecule has 184 valence electrons. The molecule has 2 aromatic heterocycles. The molecule has 2 heterocycles. The van der Waals surface area contributed by atoms with Crippen LogP contribution in [0.15, 0.2) is 66.7 Å². The second-order valence-corrected chi connectivity index (χ2v) is 11.1. The molecule has 0 saturated heterocycles. The van der Waals surface area contributed by atoms with Gasteiger partial charge in [0, 0.05) is 44.8 Å². The van der Waals surface area contributed by atoms with Crippen LogP contribution < -0.4 is 5.32 Å². The molecule has 2 nitrogen and oxygen atoms in total. The van der Waals surface area contributed by atoms with Crippen molar-refractivity contribution in [2.45, 2.75) is 52.6 Å². The molecule has 0 atom stereocenters. The van der Waals surface area contributed by atoms with E-state index in [9.17, 15) is 0 Å². The Morgan fingerprint density at radius 2 is 1.76 bits per heavy atom. The van der Waals surface area contributed by atoms with Gasteiger partial charge in [0.2, 0.25) is 0 Å². The maximum absolute atomic E-state index is 6.21. The molecule has 0 aliphatic heterocycles. The lowest BCUT2D eigenvalue weighted by Gasteiger charge is -2.14. The van der Waals surface area contributed by atoms with Gasteiger partial charge in [-0.1, -0.05) is 67.8 Å². The molecule has 5 aromatic rings. The molecule has 0 radical (unpaired) electrons. The van der Waals surface area contributed by atoms with E-state index in [1.54, 1.807) is 0 Å². The summed E-state index contributed by atoms with van der Waals surface area (Å²) in [7, 11) is 0. The minimum absolute atomic E-state index is 0.840. The summed E-state index contributed by atoms with van der Waals surface area (Å²) in [5.74, 6) is 3.10. The molecular weight excluding hydrogens is 468 g/mol. The fourth-order valence-corrected chi connectivity index (χ4v) is 7.09. The van der Waals surface area contributed by atoms with Gasteiger partial charge in [-0.25, -0.2) is 0 Å². The zero-order valence-electron chi connectivity index (χ0n) is 21.6. The Bertz CT molecular complexity index is 1660. The Labute approximate surface area is 223 Å². The molecule has 0 saturated carbocycles. The second kappa shape index (κ2) is 10.1. The van der Waals surface area contributed by atoms with Gasteiger partial charge in [-0.05, 0) is 72.7 Å². The van der Waals surface area contributed by atoms with Gasteiger partial charge < -0.3 is 9.88 Å². The smallest absolute Gasteiger partial charge is 0.0637 e. The summed E-state index contributed by atoms with van der Waals surface area (Å²) in [6.07, 6.45) is 15.0. The average molecular weight is 501 g/mol. The molecule has 3 heteroatoms. The Kier molecular flexibility index (Phi) is 6.47. The molecule has 0 amide bonds. The highest BCUT2D eigenvalue weighted by atomic mass is 32.1. The molecule has 0 spiro atoms. The SMILES string of the molecule is C#Cc1c(CCC)n(-c2ccc(CNCc3ccccc3)cc2)c2c1c(C)cc1sc3c(c12)CCC=C3. The molecular formula is C34H32N2S. The van der Waals surface area contributed by atoms with Gasteiger partial charge in [0.1, 0.15) is 0 Å². The molecule has 1 N–H and O–H groups in total. The third kappa shape index (κ3) is 4.21. The number of terminal acetylenes is 1. The van der Waals surface area contributed by atoms with E-state index in [1.807, 2.05) is 11.3 Å². The van der Waals surface area contributed by atoms with Crippen LogP contribution in [0.2, 0.25) is 0 Å². The quantitative estimate of drug-likeness (QED) is 0.222. The predicted molar refractivity (Wildman–Crippen MR) is 160 cm³/mol. The van der Waals surface area contributed by atoms with Crippen LogP contribution in [0.5, 0.6) is 0 Å². The lowest BCUT2D eigenvalue weighted by atomic mass is 9.97. The molecule has 37 heavy (non-hydrogen) atoms. The Hall–Kier alpha value is -3.58. The van der Waals surface area contributed by atoms with Crippen molar-refractivity contribution >= 4 is 38.4 Å². The van der Waals surface area contributed by atoms with Gasteiger partial charge in [-0.2, -0.15) is 0 Å². The third-order valence-corrected chi connectivity index (χ3v) is 8.61. The fourth-order valence-electron chi connectivity index (χ4n) is 5.80. The Balaban J connectivity index is 1.47. The molecule has 1 aliphatic rings. The first-order valence-corrected chi connectivity index (χ1v) is 14.1. The highest BCUT2D eigenvalue weighted by Gasteiger charge is 2.24. The van der Waals surface area contributed by atoms with Crippen LogP contribution in [-0.4, -0.2) is 4.57 Å². The van der Waals surface area contributed by atoms with E-state index in [2.05, 4.69) is 102 Å². The van der Waals surface area contributed by atoms with Crippen LogP contribution >= 0.6 is 11.3 Å². The van der Waals surface area contributed by atoms with Crippen LogP contribution in [-0.2, 0) is 25.9 Å². The number of aromatic nitrogens is 1. The van der Waals surface area contributed by atoms with Crippen molar-refractivity contribution in [3.63, 3.8) is 0 Å². The lowest BCUT2D eigenvalue weighted by molar-refractivity contribution is 0.693. The number of allylic oxidation sites excluding steroid dienone is 1. The van der Waals surface area contributed by atoms with E-state index in [0.29, 0.717) is 0 Å². The topological polar surface area (TPSA) is 17.0 Å². The zero-order valence-corrected chi connectivity index (χ0v) is 22.4. The van der Waals surface area contributed by atoms with Crippen molar-refractivity contribution < 1.29 is 0 Å². The number of benzene rings is 3. The van der Waals surface area contributed by atoms with E-state index >= 15 is 0 Å². The van der Waals surface area contributed by atoms with Gasteiger partial charge >= 0.3 is 0 Å². The fraction of sp³-hybridized carbons (Fsp3) is 0.235. The standard InChI is InChI=1S/C34H32N2S/c1-4-11-29-27(5-2)32-23(3)20-31-33(28-14-9-10-15-30(28)37-31)34(32)36(29)26-18-16-25(17-19-26)22-35-21-24-12-7-6-8-13-24/h2,6-8,10,12-13,15-20,35H,4,9,11,14,21-22H2,1,3H3. The van der Waals surface area contributed by atoms with E-state index < -0.39 is 0 Å². The summed E-state index contributed by atoms with van der Waals surface area (Å²) in [5.41, 5.74) is 10.2. The summed E-state index contributed by atoms with van der Waals surface area (Å²) in [4.78, 5) is 1.40. The third-order valence-electron chi connectivity index (χ3n) is 7.47. The van der Waals surface area contributed by atoms with Gasteiger partial charge in [-0.15, -0.1) is 17.8 Å². The van der Waals surface area contributed by atoms with Crippen LogP contribution in [0.1, 0.15) is 58.2 Å².